The lowest BCUT2D eigenvalue weighted by Crippen LogP contribution is -2.53. The second-order valence-electron chi connectivity index (χ2n) is 9.46. The fourth-order valence-corrected chi connectivity index (χ4v) is 6.92. The number of carbonyl (C=O) groups excluding carboxylic acids is 1. The summed E-state index contributed by atoms with van der Waals surface area (Å²) in [7, 11) is -4.13. The van der Waals surface area contributed by atoms with E-state index in [0.29, 0.717) is 37.8 Å². The Balaban J connectivity index is 1.66. The number of piperazine rings is 1. The van der Waals surface area contributed by atoms with Gasteiger partial charge in [-0.1, -0.05) is 0 Å². The molecule has 3 rings (SSSR count). The maximum absolute atomic E-state index is 14.3. The first kappa shape index (κ1) is 25.1. The quantitative estimate of drug-likeness (QED) is 0.638. The second-order valence-corrected chi connectivity index (χ2v) is 11.3. The molecule has 1 aliphatic heterocycles. The largest absolute Gasteiger partial charge is 0.340 e. The molecule has 2 fully saturated rings. The van der Waals surface area contributed by atoms with Crippen LogP contribution >= 0.6 is 0 Å². The zero-order chi connectivity index (χ0) is 23.6. The van der Waals surface area contributed by atoms with E-state index in [1.807, 2.05) is 4.90 Å². The number of hydrogen-bond acceptors (Lipinski definition) is 4. The van der Waals surface area contributed by atoms with E-state index >= 15 is 0 Å². The summed E-state index contributed by atoms with van der Waals surface area (Å²) in [6.45, 7) is 11.0. The summed E-state index contributed by atoms with van der Waals surface area (Å²) in [5.74, 6) is -1.84. The van der Waals surface area contributed by atoms with Crippen molar-refractivity contribution in [3.05, 3.63) is 29.8 Å². The standard InChI is InChI=1S/C23H35F2N3O3S/c1-16(2)26-11-13-27(14-12-26)23(29)18-5-8-20(9-6-18)28(17(3)4)32(30,31)22-10-7-19(24)15-21(22)25/h7,10,15-18,20H,5-6,8-9,11-14H2,1-4H3/t18-,20-. The van der Waals surface area contributed by atoms with Crippen molar-refractivity contribution in [2.24, 2.45) is 5.92 Å². The molecule has 0 atom stereocenters. The zero-order valence-corrected chi connectivity index (χ0v) is 20.2. The summed E-state index contributed by atoms with van der Waals surface area (Å²) < 4.78 is 55.4. The molecule has 0 N–H and O–H groups in total. The first-order valence-corrected chi connectivity index (χ1v) is 13.0. The summed E-state index contributed by atoms with van der Waals surface area (Å²) in [4.78, 5) is 16.8. The van der Waals surface area contributed by atoms with Gasteiger partial charge in [0.15, 0.2) is 0 Å². The number of halogens is 2. The van der Waals surface area contributed by atoms with Gasteiger partial charge in [-0.25, -0.2) is 17.2 Å². The van der Waals surface area contributed by atoms with Crippen molar-refractivity contribution >= 4 is 15.9 Å². The Morgan fingerprint density at radius 2 is 1.59 bits per heavy atom. The highest BCUT2D eigenvalue weighted by Crippen LogP contribution is 2.34. The Morgan fingerprint density at radius 3 is 2.09 bits per heavy atom. The highest BCUT2D eigenvalue weighted by atomic mass is 32.2. The molecule has 0 unspecified atom stereocenters. The molecule has 1 aromatic rings. The molecule has 0 aromatic heterocycles. The minimum atomic E-state index is -4.13. The minimum Gasteiger partial charge on any atom is -0.340 e. The third-order valence-corrected chi connectivity index (χ3v) is 8.88. The molecule has 0 bridgehead atoms. The number of amides is 1. The summed E-state index contributed by atoms with van der Waals surface area (Å²) in [5, 5.41) is 0. The molecule has 1 heterocycles. The smallest absolute Gasteiger partial charge is 0.246 e. The lowest BCUT2D eigenvalue weighted by Gasteiger charge is -2.41. The molecule has 9 heteroatoms. The molecule has 1 saturated carbocycles. The molecule has 0 spiro atoms. The van der Waals surface area contributed by atoms with Gasteiger partial charge in [-0.2, -0.15) is 4.31 Å². The SMILES string of the molecule is CC(C)N1CCN(C(=O)[C@H]2CC[C@H](N(C(C)C)S(=O)(=O)c3ccc(F)cc3F)CC2)CC1. The summed E-state index contributed by atoms with van der Waals surface area (Å²) >= 11 is 0. The Labute approximate surface area is 190 Å². The number of carbonyl (C=O) groups is 1. The van der Waals surface area contributed by atoms with E-state index in [1.54, 1.807) is 13.8 Å². The fourth-order valence-electron chi connectivity index (χ4n) is 4.99. The van der Waals surface area contributed by atoms with E-state index in [2.05, 4.69) is 18.7 Å². The van der Waals surface area contributed by atoms with E-state index in [1.165, 1.54) is 4.31 Å². The normalized spacial score (nSPS) is 23.3. The van der Waals surface area contributed by atoms with Gasteiger partial charge in [0.25, 0.3) is 0 Å². The van der Waals surface area contributed by atoms with Crippen molar-refractivity contribution in [2.75, 3.05) is 26.2 Å². The van der Waals surface area contributed by atoms with Crippen LogP contribution < -0.4 is 0 Å². The van der Waals surface area contributed by atoms with Gasteiger partial charge < -0.3 is 4.90 Å². The number of benzene rings is 1. The molecule has 32 heavy (non-hydrogen) atoms. The zero-order valence-electron chi connectivity index (χ0n) is 19.4. The summed E-state index contributed by atoms with van der Waals surface area (Å²) in [6.07, 6.45) is 2.31. The predicted octanol–water partition coefficient (Wildman–Crippen LogP) is 3.48. The maximum Gasteiger partial charge on any atom is 0.246 e. The van der Waals surface area contributed by atoms with Crippen LogP contribution in [-0.4, -0.2) is 72.7 Å². The average molecular weight is 472 g/mol. The first-order valence-electron chi connectivity index (χ1n) is 11.5. The molecule has 1 amide bonds. The van der Waals surface area contributed by atoms with E-state index in [9.17, 15) is 22.0 Å². The molecule has 1 aliphatic carbocycles. The van der Waals surface area contributed by atoms with E-state index in [4.69, 9.17) is 0 Å². The third-order valence-electron chi connectivity index (χ3n) is 6.72. The van der Waals surface area contributed by atoms with Crippen LogP contribution in [0, 0.1) is 17.6 Å². The summed E-state index contributed by atoms with van der Waals surface area (Å²) in [5.41, 5.74) is 0. The Kier molecular flexibility index (Phi) is 7.93. The number of hydrogen-bond donors (Lipinski definition) is 0. The molecular formula is C23H35F2N3O3S. The van der Waals surface area contributed by atoms with E-state index in [0.717, 1.165) is 38.3 Å². The van der Waals surface area contributed by atoms with Gasteiger partial charge in [-0.3, -0.25) is 9.69 Å². The third kappa shape index (κ3) is 5.31. The van der Waals surface area contributed by atoms with Crippen LogP contribution in [0.4, 0.5) is 8.78 Å². The van der Waals surface area contributed by atoms with Gasteiger partial charge >= 0.3 is 0 Å². The van der Waals surface area contributed by atoms with Gasteiger partial charge in [0.1, 0.15) is 16.5 Å². The van der Waals surface area contributed by atoms with E-state index < -0.39 is 26.6 Å². The second kappa shape index (κ2) is 10.1. The molecule has 180 valence electrons. The van der Waals surface area contributed by atoms with Crippen LogP contribution in [0.25, 0.3) is 0 Å². The molecular weight excluding hydrogens is 436 g/mol. The average Bonchev–Trinajstić information content (AvgIpc) is 2.73. The van der Waals surface area contributed by atoms with Crippen LogP contribution in [0.5, 0.6) is 0 Å². The van der Waals surface area contributed by atoms with Crippen LogP contribution in [-0.2, 0) is 14.8 Å². The highest BCUT2D eigenvalue weighted by Gasteiger charge is 2.39. The number of rotatable bonds is 6. The van der Waals surface area contributed by atoms with Crippen molar-refractivity contribution in [3.63, 3.8) is 0 Å². The maximum atomic E-state index is 14.3. The minimum absolute atomic E-state index is 0.101. The molecule has 1 saturated heterocycles. The summed E-state index contributed by atoms with van der Waals surface area (Å²) in [6, 6.07) is 2.32. The van der Waals surface area contributed by atoms with Crippen molar-refractivity contribution in [1.82, 2.24) is 14.1 Å². The molecule has 2 aliphatic rings. The van der Waals surface area contributed by atoms with Crippen LogP contribution in [0.1, 0.15) is 53.4 Å². The first-order chi connectivity index (χ1) is 15.0. The van der Waals surface area contributed by atoms with Gasteiger partial charge in [0, 0.05) is 56.3 Å². The van der Waals surface area contributed by atoms with Crippen LogP contribution in [0.15, 0.2) is 23.1 Å². The Morgan fingerprint density at radius 1 is 1.00 bits per heavy atom. The van der Waals surface area contributed by atoms with Gasteiger partial charge in [0.05, 0.1) is 0 Å². The molecule has 0 radical (unpaired) electrons. The topological polar surface area (TPSA) is 60.9 Å². The van der Waals surface area contributed by atoms with E-state index in [-0.39, 0.29) is 23.9 Å². The fraction of sp³-hybridized carbons (Fsp3) is 0.696. The molecule has 1 aromatic carbocycles. The van der Waals surface area contributed by atoms with Crippen molar-refractivity contribution in [2.45, 2.75) is 76.4 Å². The Hall–Kier alpha value is -1.58. The van der Waals surface area contributed by atoms with Gasteiger partial charge in [-0.15, -0.1) is 0 Å². The Bertz CT molecular complexity index is 907. The van der Waals surface area contributed by atoms with Crippen molar-refractivity contribution in [1.29, 1.82) is 0 Å². The van der Waals surface area contributed by atoms with Gasteiger partial charge in [-0.05, 0) is 65.5 Å². The number of nitrogens with zero attached hydrogens (tertiary/aromatic N) is 3. The van der Waals surface area contributed by atoms with Crippen molar-refractivity contribution < 1.29 is 22.0 Å². The number of sulfonamides is 1. The van der Waals surface area contributed by atoms with Crippen molar-refractivity contribution in [3.8, 4) is 0 Å². The predicted molar refractivity (Wildman–Crippen MR) is 120 cm³/mol. The monoisotopic (exact) mass is 471 g/mol. The van der Waals surface area contributed by atoms with Crippen LogP contribution in [0.2, 0.25) is 0 Å². The lowest BCUT2D eigenvalue weighted by molar-refractivity contribution is -0.138. The highest BCUT2D eigenvalue weighted by molar-refractivity contribution is 7.89. The van der Waals surface area contributed by atoms with Crippen LogP contribution in [0.3, 0.4) is 0 Å². The van der Waals surface area contributed by atoms with Gasteiger partial charge in [0.2, 0.25) is 15.9 Å². The molecule has 6 nitrogen and oxygen atoms in total. The lowest BCUT2D eigenvalue weighted by atomic mass is 9.84.